The summed E-state index contributed by atoms with van der Waals surface area (Å²) >= 11 is 7.53. The molecule has 0 spiro atoms. The Morgan fingerprint density at radius 2 is 2.32 bits per heavy atom. The number of hydrogen-bond acceptors (Lipinski definition) is 6. The Labute approximate surface area is 120 Å². The minimum absolute atomic E-state index is 0.232. The van der Waals surface area contributed by atoms with Crippen molar-refractivity contribution in [2.75, 3.05) is 24.7 Å². The van der Waals surface area contributed by atoms with E-state index in [0.717, 1.165) is 35.7 Å². The van der Waals surface area contributed by atoms with Crippen molar-refractivity contribution in [3.8, 4) is 0 Å². The fourth-order valence-corrected chi connectivity index (χ4v) is 3.00. The van der Waals surface area contributed by atoms with Gasteiger partial charge in [-0.1, -0.05) is 0 Å². The van der Waals surface area contributed by atoms with E-state index in [2.05, 4.69) is 30.8 Å². The Hall–Kier alpha value is -1.05. The molecule has 2 aromatic rings. The Morgan fingerprint density at radius 3 is 3.05 bits per heavy atom. The molecule has 8 heteroatoms. The summed E-state index contributed by atoms with van der Waals surface area (Å²) < 4.78 is 0. The van der Waals surface area contributed by atoms with Crippen molar-refractivity contribution in [1.29, 1.82) is 0 Å². The third-order valence-electron chi connectivity index (χ3n) is 3.19. The number of nitrogens with zero attached hydrogens (tertiary/aromatic N) is 3. The predicted octanol–water partition coefficient (Wildman–Crippen LogP) is 1.89. The maximum atomic E-state index is 5.96. The smallest absolute Gasteiger partial charge is 0.226 e. The topological polar surface area (TPSA) is 78.5 Å². The van der Waals surface area contributed by atoms with Gasteiger partial charge in [0.15, 0.2) is 5.65 Å². The highest BCUT2D eigenvalue weighted by molar-refractivity contribution is 7.98. The number of hydrogen-bond donors (Lipinski definition) is 3. The molecular formula is C11H15ClN6S. The Balaban J connectivity index is 1.98. The van der Waals surface area contributed by atoms with Gasteiger partial charge in [-0.25, -0.2) is 0 Å². The van der Waals surface area contributed by atoms with Gasteiger partial charge in [0.1, 0.15) is 10.8 Å². The van der Waals surface area contributed by atoms with Gasteiger partial charge in [0.05, 0.1) is 5.39 Å². The molecule has 3 rings (SSSR count). The van der Waals surface area contributed by atoms with Crippen LogP contribution in [0, 0.1) is 0 Å². The van der Waals surface area contributed by atoms with Crippen LogP contribution in [-0.2, 0) is 0 Å². The van der Waals surface area contributed by atoms with Crippen LogP contribution in [0.2, 0.25) is 5.28 Å². The molecule has 0 unspecified atom stereocenters. The molecule has 0 radical (unpaired) electrons. The van der Waals surface area contributed by atoms with Crippen molar-refractivity contribution in [1.82, 2.24) is 25.5 Å². The number of rotatable bonds is 3. The summed E-state index contributed by atoms with van der Waals surface area (Å²) in [6.07, 6.45) is 4.28. The lowest BCUT2D eigenvalue weighted by atomic mass is 10.1. The second kappa shape index (κ2) is 5.52. The SMILES string of the molecule is CSc1n[nH]c2nc(Cl)nc(N[C@@H]3CCCNC3)c12. The fraction of sp³-hybridized carbons (Fsp3) is 0.545. The molecule has 1 fully saturated rings. The minimum Gasteiger partial charge on any atom is -0.365 e. The molecule has 1 atom stereocenters. The standard InChI is InChI=1S/C11H15ClN6S/c1-19-10-7-8(14-6-3-2-4-13-5-6)15-11(12)16-9(7)17-18-10/h6,13H,2-5H2,1H3,(H2,14,15,16,17,18)/t6-/m1/s1. The van der Waals surface area contributed by atoms with E-state index in [1.807, 2.05) is 6.26 Å². The van der Waals surface area contributed by atoms with E-state index in [4.69, 9.17) is 11.6 Å². The summed E-state index contributed by atoms with van der Waals surface area (Å²) in [5.74, 6) is 0.766. The third kappa shape index (κ3) is 2.63. The summed E-state index contributed by atoms with van der Waals surface area (Å²) in [7, 11) is 0. The summed E-state index contributed by atoms with van der Waals surface area (Å²) in [6.45, 7) is 2.02. The van der Waals surface area contributed by atoms with Gasteiger partial charge in [-0.2, -0.15) is 15.1 Å². The lowest BCUT2D eigenvalue weighted by Gasteiger charge is -2.24. The van der Waals surface area contributed by atoms with E-state index < -0.39 is 0 Å². The van der Waals surface area contributed by atoms with Gasteiger partial charge in [0.2, 0.25) is 5.28 Å². The van der Waals surface area contributed by atoms with Crippen LogP contribution in [0.25, 0.3) is 11.0 Å². The quantitative estimate of drug-likeness (QED) is 0.593. The Kier molecular flexibility index (Phi) is 3.76. The van der Waals surface area contributed by atoms with Crippen LogP contribution in [-0.4, -0.2) is 45.6 Å². The maximum absolute atomic E-state index is 5.96. The molecule has 0 bridgehead atoms. The highest BCUT2D eigenvalue weighted by Crippen LogP contribution is 2.29. The minimum atomic E-state index is 0.232. The molecule has 1 aliphatic rings. The van der Waals surface area contributed by atoms with Crippen molar-refractivity contribution in [3.05, 3.63) is 5.28 Å². The molecule has 0 aliphatic carbocycles. The van der Waals surface area contributed by atoms with Gasteiger partial charge in [-0.15, -0.1) is 11.8 Å². The normalized spacial score (nSPS) is 19.8. The highest BCUT2D eigenvalue weighted by atomic mass is 35.5. The number of fused-ring (bicyclic) bond motifs is 1. The van der Waals surface area contributed by atoms with E-state index >= 15 is 0 Å². The summed E-state index contributed by atoms with van der Waals surface area (Å²) in [5.41, 5.74) is 0.676. The average Bonchev–Trinajstić information content (AvgIpc) is 2.82. The number of piperidine rings is 1. The first-order valence-corrected chi connectivity index (χ1v) is 7.81. The monoisotopic (exact) mass is 298 g/mol. The number of aromatic amines is 1. The molecule has 0 saturated carbocycles. The fourth-order valence-electron chi connectivity index (χ4n) is 2.30. The van der Waals surface area contributed by atoms with Gasteiger partial charge in [0.25, 0.3) is 0 Å². The first-order chi connectivity index (χ1) is 9.28. The molecule has 0 amide bonds. The van der Waals surface area contributed by atoms with Gasteiger partial charge >= 0.3 is 0 Å². The molecule has 3 N–H and O–H groups in total. The number of aromatic nitrogens is 4. The Bertz CT molecular complexity index is 580. The average molecular weight is 299 g/mol. The first kappa shape index (κ1) is 13.0. The van der Waals surface area contributed by atoms with Gasteiger partial charge in [-0.3, -0.25) is 5.10 Å². The Morgan fingerprint density at radius 1 is 1.42 bits per heavy atom. The molecule has 1 saturated heterocycles. The van der Waals surface area contributed by atoms with Crippen molar-refractivity contribution < 1.29 is 0 Å². The number of nitrogens with one attached hydrogen (secondary N) is 3. The maximum Gasteiger partial charge on any atom is 0.226 e. The molecular weight excluding hydrogens is 284 g/mol. The van der Waals surface area contributed by atoms with E-state index in [9.17, 15) is 0 Å². The van der Waals surface area contributed by atoms with Gasteiger partial charge < -0.3 is 10.6 Å². The van der Waals surface area contributed by atoms with Gasteiger partial charge in [-0.05, 0) is 37.2 Å². The molecule has 1 aliphatic heterocycles. The van der Waals surface area contributed by atoms with E-state index in [1.54, 1.807) is 11.8 Å². The lowest BCUT2D eigenvalue weighted by Crippen LogP contribution is -2.38. The highest BCUT2D eigenvalue weighted by Gasteiger charge is 2.18. The zero-order chi connectivity index (χ0) is 13.2. The molecule has 19 heavy (non-hydrogen) atoms. The van der Waals surface area contributed by atoms with Crippen molar-refractivity contribution >= 4 is 40.2 Å². The van der Waals surface area contributed by atoms with Crippen LogP contribution in [0.4, 0.5) is 5.82 Å². The second-order valence-corrected chi connectivity index (χ2v) is 5.62. The van der Waals surface area contributed by atoms with E-state index in [-0.39, 0.29) is 5.28 Å². The number of halogens is 1. The lowest BCUT2D eigenvalue weighted by molar-refractivity contribution is 0.479. The molecule has 6 nitrogen and oxygen atoms in total. The van der Waals surface area contributed by atoms with Crippen molar-refractivity contribution in [2.45, 2.75) is 23.9 Å². The van der Waals surface area contributed by atoms with Crippen molar-refractivity contribution in [3.63, 3.8) is 0 Å². The van der Waals surface area contributed by atoms with E-state index in [1.165, 1.54) is 6.42 Å². The number of anilines is 1. The zero-order valence-corrected chi connectivity index (χ0v) is 12.1. The molecule has 3 heterocycles. The second-order valence-electron chi connectivity index (χ2n) is 4.49. The zero-order valence-electron chi connectivity index (χ0n) is 10.5. The van der Waals surface area contributed by atoms with Crippen molar-refractivity contribution in [2.24, 2.45) is 0 Å². The molecule has 0 aromatic carbocycles. The summed E-state index contributed by atoms with van der Waals surface area (Å²) in [4.78, 5) is 8.48. The van der Waals surface area contributed by atoms with Crippen LogP contribution < -0.4 is 10.6 Å². The number of thioether (sulfide) groups is 1. The number of H-pyrrole nitrogens is 1. The van der Waals surface area contributed by atoms with Crippen LogP contribution in [0.5, 0.6) is 0 Å². The predicted molar refractivity (Wildman–Crippen MR) is 78.0 cm³/mol. The van der Waals surface area contributed by atoms with Crippen LogP contribution in [0.3, 0.4) is 0 Å². The van der Waals surface area contributed by atoms with Gasteiger partial charge in [0, 0.05) is 12.6 Å². The van der Waals surface area contributed by atoms with E-state index in [0.29, 0.717) is 11.7 Å². The largest absolute Gasteiger partial charge is 0.365 e. The first-order valence-electron chi connectivity index (χ1n) is 6.21. The van der Waals surface area contributed by atoms with Crippen LogP contribution in [0.15, 0.2) is 5.03 Å². The van der Waals surface area contributed by atoms with Crippen LogP contribution >= 0.6 is 23.4 Å². The van der Waals surface area contributed by atoms with Crippen LogP contribution in [0.1, 0.15) is 12.8 Å². The summed E-state index contributed by atoms with van der Waals surface area (Å²) in [5, 5.41) is 16.0. The molecule has 2 aromatic heterocycles. The molecule has 102 valence electrons. The third-order valence-corrected chi connectivity index (χ3v) is 4.04. The summed E-state index contributed by atoms with van der Waals surface area (Å²) in [6, 6.07) is 0.368.